The number of hydrogen-bond acceptors (Lipinski definition) is 6. The summed E-state index contributed by atoms with van der Waals surface area (Å²) >= 11 is 30.9. The quantitative estimate of drug-likeness (QED) is 0.240. The molecule has 1 fully saturated rings. The van der Waals surface area contributed by atoms with Gasteiger partial charge in [0.2, 0.25) is 5.91 Å². The third-order valence-corrected chi connectivity index (χ3v) is 8.93. The van der Waals surface area contributed by atoms with Crippen molar-refractivity contribution < 1.29 is 41.8 Å². The monoisotopic (exact) mass is 795 g/mol. The van der Waals surface area contributed by atoms with Crippen LogP contribution in [0, 0.1) is 23.4 Å². The normalized spacial score (nSPS) is 16.7. The third-order valence-electron chi connectivity index (χ3n) is 6.87. The fourth-order valence-electron chi connectivity index (χ4n) is 4.72. The Bertz CT molecular complexity index is 1870. The lowest BCUT2D eigenvalue weighted by Gasteiger charge is -2.29. The number of nitrogens with one attached hydrogen (secondary N) is 2. The van der Waals surface area contributed by atoms with Crippen molar-refractivity contribution in [1.29, 1.82) is 0 Å². The van der Waals surface area contributed by atoms with Gasteiger partial charge >= 0.3 is 12.2 Å². The van der Waals surface area contributed by atoms with Gasteiger partial charge in [-0.25, -0.2) is 22.8 Å². The summed E-state index contributed by atoms with van der Waals surface area (Å²) in [5, 5.41) is 4.33. The summed E-state index contributed by atoms with van der Waals surface area (Å²) in [7, 11) is 0. The Kier molecular flexibility index (Phi) is 11.3. The van der Waals surface area contributed by atoms with E-state index in [1.165, 1.54) is 53.7 Å². The smallest absolute Gasteiger partial charge is 0.424 e. The number of amides is 4. The van der Waals surface area contributed by atoms with Crippen LogP contribution in [0.25, 0.3) is 0 Å². The van der Waals surface area contributed by atoms with E-state index >= 15 is 8.78 Å². The second-order valence-corrected chi connectivity index (χ2v) is 15.8. The second-order valence-electron chi connectivity index (χ2n) is 13.1. The Hall–Kier alpha value is -3.42. The molecule has 17 heteroatoms. The summed E-state index contributed by atoms with van der Waals surface area (Å²) < 4.78 is 54.9. The predicted octanol–water partition coefficient (Wildman–Crippen LogP) is 10.5. The van der Waals surface area contributed by atoms with Gasteiger partial charge < -0.3 is 20.1 Å². The van der Waals surface area contributed by atoms with Gasteiger partial charge in [-0.1, -0.05) is 40.9 Å². The van der Waals surface area contributed by atoms with E-state index in [9.17, 15) is 23.6 Å². The molecule has 50 heavy (non-hydrogen) atoms. The number of alkyl halides is 2. The average Bonchev–Trinajstić information content (AvgIpc) is 3.55. The average molecular weight is 798 g/mol. The number of carbonyl (C=O) groups is 4. The molecule has 0 spiro atoms. The van der Waals surface area contributed by atoms with Crippen LogP contribution in [0.5, 0.6) is 0 Å². The molecule has 1 saturated carbocycles. The minimum absolute atomic E-state index is 0.0104. The van der Waals surface area contributed by atoms with Gasteiger partial charge in [0.05, 0.1) is 32.2 Å². The number of imide groups is 1. The zero-order valence-corrected chi connectivity index (χ0v) is 30.9. The largest absolute Gasteiger partial charge is 0.443 e. The molecular formula is C33H29Cl5F3N3O6. The van der Waals surface area contributed by atoms with Crippen LogP contribution in [0.2, 0.25) is 15.1 Å². The molecule has 268 valence electrons. The standard InChI is InChI=1S/C33H29Cl5F3N3O6/c1-31(2,3)49-29(47)44(30(48)50-32(4,5)6)26-19(39)9-10-21(25(26)41)43-27(45)16-12-15(13-20(40)24(16)36)42-28(46)23-22(33(23,37)38)14-7-8-17(34)18(35)11-14/h7-13,22-23H,1-6H3,(H,42,46)(H,43,45)/t22?,23-/m1/s1. The van der Waals surface area contributed by atoms with Crippen molar-refractivity contribution in [2.24, 2.45) is 5.92 Å². The first-order valence-corrected chi connectivity index (χ1v) is 16.5. The first-order chi connectivity index (χ1) is 22.9. The molecule has 0 bridgehead atoms. The van der Waals surface area contributed by atoms with Crippen LogP contribution < -0.4 is 15.5 Å². The summed E-state index contributed by atoms with van der Waals surface area (Å²) in [5.74, 6) is -7.81. The fourth-order valence-corrected chi connectivity index (χ4v) is 6.05. The van der Waals surface area contributed by atoms with E-state index < -0.39 is 90.8 Å². The molecule has 2 N–H and O–H groups in total. The number of rotatable bonds is 6. The van der Waals surface area contributed by atoms with Crippen LogP contribution >= 0.6 is 58.0 Å². The molecule has 1 aliphatic carbocycles. The summed E-state index contributed by atoms with van der Waals surface area (Å²) in [6.07, 6.45) is -2.95. The number of hydrogen-bond donors (Lipinski definition) is 2. The Morgan fingerprint density at radius 2 is 1.36 bits per heavy atom. The number of nitrogens with zero attached hydrogens (tertiary/aromatic N) is 1. The minimum Gasteiger partial charge on any atom is -0.443 e. The van der Waals surface area contributed by atoms with E-state index in [2.05, 4.69) is 10.6 Å². The van der Waals surface area contributed by atoms with Gasteiger partial charge in [0.25, 0.3) is 5.91 Å². The molecular weight excluding hydrogens is 769 g/mol. The Balaban J connectivity index is 1.63. The minimum atomic E-state index is -1.58. The van der Waals surface area contributed by atoms with Crippen LogP contribution in [-0.4, -0.2) is 39.5 Å². The van der Waals surface area contributed by atoms with E-state index in [1.54, 1.807) is 6.07 Å². The Labute approximate surface area is 310 Å². The highest BCUT2D eigenvalue weighted by Crippen LogP contribution is 2.65. The second kappa shape index (κ2) is 14.3. The molecule has 1 aliphatic rings. The van der Waals surface area contributed by atoms with Gasteiger partial charge in [0, 0.05) is 11.6 Å². The van der Waals surface area contributed by atoms with Gasteiger partial charge in [-0.2, -0.15) is 4.90 Å². The zero-order chi connectivity index (χ0) is 37.7. The lowest BCUT2D eigenvalue weighted by molar-refractivity contribution is -0.117. The Morgan fingerprint density at radius 1 is 0.780 bits per heavy atom. The molecule has 0 aliphatic heterocycles. The number of carbonyl (C=O) groups excluding carboxylic acids is 4. The lowest BCUT2D eigenvalue weighted by Crippen LogP contribution is -2.44. The fraction of sp³-hybridized carbons (Fsp3) is 0.333. The predicted molar refractivity (Wildman–Crippen MR) is 186 cm³/mol. The van der Waals surface area contributed by atoms with E-state index in [0.717, 1.165) is 18.2 Å². The Morgan fingerprint density at radius 3 is 1.90 bits per heavy atom. The van der Waals surface area contributed by atoms with E-state index in [0.29, 0.717) is 11.6 Å². The molecule has 3 aromatic carbocycles. The molecule has 0 radical (unpaired) electrons. The van der Waals surface area contributed by atoms with E-state index in [4.69, 9.17) is 67.5 Å². The molecule has 4 rings (SSSR count). The van der Waals surface area contributed by atoms with E-state index in [1.807, 2.05) is 0 Å². The number of halogens is 8. The van der Waals surface area contributed by atoms with Crippen LogP contribution in [0.1, 0.15) is 63.4 Å². The number of ether oxygens (including phenoxy) is 2. The van der Waals surface area contributed by atoms with Crippen LogP contribution in [-0.2, 0) is 14.3 Å². The SMILES string of the molecule is CC(C)(C)OC(=O)N(C(=O)OC(C)(C)C)c1c(F)ccc(NC(=O)c2cc(NC(=O)[C@H]3C(c4ccc(Cl)c(Cl)c4)C3(Cl)Cl)cc(F)c2Cl)c1F. The maximum absolute atomic E-state index is 16.0. The first-order valence-electron chi connectivity index (χ1n) is 14.6. The maximum atomic E-state index is 16.0. The van der Waals surface area contributed by atoms with Gasteiger partial charge in [-0.05, 0) is 83.5 Å². The van der Waals surface area contributed by atoms with Crippen molar-refractivity contribution in [3.05, 3.63) is 86.1 Å². The number of benzene rings is 3. The van der Waals surface area contributed by atoms with Crippen LogP contribution in [0.4, 0.5) is 39.8 Å². The lowest BCUT2D eigenvalue weighted by atomic mass is 10.1. The molecule has 0 aromatic heterocycles. The van der Waals surface area contributed by atoms with Crippen molar-refractivity contribution in [3.8, 4) is 0 Å². The van der Waals surface area contributed by atoms with Gasteiger partial charge in [-0.15, -0.1) is 23.2 Å². The van der Waals surface area contributed by atoms with Gasteiger partial charge in [0.1, 0.15) is 27.0 Å². The van der Waals surface area contributed by atoms with Crippen LogP contribution in [0.3, 0.4) is 0 Å². The van der Waals surface area contributed by atoms with Crippen molar-refractivity contribution in [3.63, 3.8) is 0 Å². The molecule has 3 aromatic rings. The maximum Gasteiger partial charge on any atom is 0.424 e. The summed E-state index contributed by atoms with van der Waals surface area (Å²) in [6, 6.07) is 7.89. The molecule has 0 heterocycles. The summed E-state index contributed by atoms with van der Waals surface area (Å²) in [5.41, 5.74) is -4.67. The topological polar surface area (TPSA) is 114 Å². The summed E-state index contributed by atoms with van der Waals surface area (Å²) in [6.45, 7) is 8.76. The summed E-state index contributed by atoms with van der Waals surface area (Å²) in [4.78, 5) is 52.6. The number of anilines is 3. The highest BCUT2D eigenvalue weighted by molar-refractivity contribution is 6.53. The van der Waals surface area contributed by atoms with Crippen molar-refractivity contribution in [2.75, 3.05) is 15.5 Å². The molecule has 1 unspecified atom stereocenters. The van der Waals surface area contributed by atoms with Gasteiger partial charge in [-0.3, -0.25) is 9.59 Å². The van der Waals surface area contributed by atoms with E-state index in [-0.39, 0.29) is 20.6 Å². The third kappa shape index (κ3) is 8.71. The van der Waals surface area contributed by atoms with Crippen molar-refractivity contribution in [1.82, 2.24) is 0 Å². The highest BCUT2D eigenvalue weighted by atomic mass is 35.5. The van der Waals surface area contributed by atoms with Crippen molar-refractivity contribution in [2.45, 2.75) is 63.0 Å². The molecule has 2 atom stereocenters. The van der Waals surface area contributed by atoms with Gasteiger partial charge in [0.15, 0.2) is 11.6 Å². The molecule has 0 saturated heterocycles. The molecule has 4 amide bonds. The zero-order valence-electron chi connectivity index (χ0n) is 27.1. The first kappa shape index (κ1) is 39.4. The van der Waals surface area contributed by atoms with Crippen molar-refractivity contribution >= 4 is 99.1 Å². The highest BCUT2D eigenvalue weighted by Gasteiger charge is 2.67. The molecule has 9 nitrogen and oxygen atoms in total. The van der Waals surface area contributed by atoms with Crippen LogP contribution in [0.15, 0.2) is 42.5 Å².